The van der Waals surface area contributed by atoms with Crippen molar-refractivity contribution in [3.63, 3.8) is 0 Å². The number of fused-ring (bicyclic) bond motifs is 1. The van der Waals surface area contributed by atoms with E-state index in [1.165, 1.54) is 22.2 Å². The van der Waals surface area contributed by atoms with E-state index in [0.29, 0.717) is 17.1 Å². The lowest BCUT2D eigenvalue weighted by Gasteiger charge is -2.19. The van der Waals surface area contributed by atoms with E-state index in [1.54, 1.807) is 18.4 Å². The number of H-pyrrole nitrogens is 1. The molecule has 1 aromatic carbocycles. The van der Waals surface area contributed by atoms with E-state index < -0.39 is 0 Å². The fourth-order valence-corrected chi connectivity index (χ4v) is 4.97. The molecule has 0 aliphatic rings. The molecule has 2 heterocycles. The van der Waals surface area contributed by atoms with Gasteiger partial charge in [-0.3, -0.25) is 4.79 Å². The number of aryl methyl sites for hydroxylation is 1. The largest absolute Gasteiger partial charge is 0.384 e. The number of hydrogen-bond acceptors (Lipinski definition) is 5. The first-order chi connectivity index (χ1) is 12.8. The number of ether oxygens (including phenoxy) is 1. The summed E-state index contributed by atoms with van der Waals surface area (Å²) < 4.78 is 5.08. The van der Waals surface area contributed by atoms with Crippen LogP contribution in [-0.4, -0.2) is 29.4 Å². The minimum atomic E-state index is -0.0641. The van der Waals surface area contributed by atoms with Gasteiger partial charge in [-0.1, -0.05) is 63.7 Å². The van der Waals surface area contributed by atoms with Gasteiger partial charge in [0, 0.05) is 23.3 Å². The van der Waals surface area contributed by atoms with Gasteiger partial charge in [-0.05, 0) is 23.0 Å². The monoisotopic (exact) mass is 402 g/mol. The first-order valence-corrected chi connectivity index (χ1v) is 10.9. The Hall–Kier alpha value is -1.63. The van der Waals surface area contributed by atoms with E-state index in [-0.39, 0.29) is 11.0 Å². The molecule has 0 fully saturated rings. The average molecular weight is 403 g/mol. The molecule has 0 atom stereocenters. The van der Waals surface area contributed by atoms with Gasteiger partial charge in [-0.2, -0.15) is 0 Å². The fourth-order valence-electron chi connectivity index (χ4n) is 3.02. The highest BCUT2D eigenvalue weighted by Crippen LogP contribution is 2.37. The molecule has 2 aromatic heterocycles. The quantitative estimate of drug-likeness (QED) is 0.348. The SMILES string of the molecule is CCc1sc2nc(SCCOC)[nH]c(=O)c2c1-c1ccc(C(C)(C)C)cc1. The van der Waals surface area contributed by atoms with Gasteiger partial charge in [0.25, 0.3) is 5.56 Å². The van der Waals surface area contributed by atoms with Gasteiger partial charge >= 0.3 is 0 Å². The van der Waals surface area contributed by atoms with Gasteiger partial charge in [0.1, 0.15) is 4.83 Å². The zero-order valence-corrected chi connectivity index (χ0v) is 18.1. The third-order valence-electron chi connectivity index (χ3n) is 4.50. The Morgan fingerprint density at radius 2 is 1.93 bits per heavy atom. The highest BCUT2D eigenvalue weighted by atomic mass is 32.2. The van der Waals surface area contributed by atoms with Crippen LogP contribution in [0.1, 0.15) is 38.1 Å². The molecule has 1 N–H and O–H groups in total. The molecule has 0 aliphatic heterocycles. The van der Waals surface area contributed by atoms with Crippen molar-refractivity contribution in [2.45, 2.75) is 44.7 Å². The van der Waals surface area contributed by atoms with Crippen molar-refractivity contribution in [3.8, 4) is 11.1 Å². The van der Waals surface area contributed by atoms with Crippen molar-refractivity contribution in [1.82, 2.24) is 9.97 Å². The van der Waals surface area contributed by atoms with Crippen LogP contribution in [-0.2, 0) is 16.6 Å². The third kappa shape index (κ3) is 4.28. The van der Waals surface area contributed by atoms with Crippen LogP contribution in [0.15, 0.2) is 34.2 Å². The predicted octanol–water partition coefficient (Wildman–Crippen LogP) is 5.25. The molecule has 0 aliphatic carbocycles. The number of benzene rings is 1. The summed E-state index contributed by atoms with van der Waals surface area (Å²) in [6.07, 6.45) is 0.878. The molecule has 0 spiro atoms. The summed E-state index contributed by atoms with van der Waals surface area (Å²) in [5, 5.41) is 1.36. The van der Waals surface area contributed by atoms with Crippen LogP contribution in [0.25, 0.3) is 21.3 Å². The van der Waals surface area contributed by atoms with E-state index in [9.17, 15) is 4.79 Å². The van der Waals surface area contributed by atoms with Crippen molar-refractivity contribution < 1.29 is 4.74 Å². The van der Waals surface area contributed by atoms with E-state index in [1.807, 2.05) is 0 Å². The number of hydrogen-bond donors (Lipinski definition) is 1. The van der Waals surface area contributed by atoms with Crippen molar-refractivity contribution in [1.29, 1.82) is 0 Å². The number of aromatic amines is 1. The van der Waals surface area contributed by atoms with Gasteiger partial charge in [-0.15, -0.1) is 11.3 Å². The Morgan fingerprint density at radius 3 is 2.52 bits per heavy atom. The first-order valence-electron chi connectivity index (χ1n) is 9.13. The van der Waals surface area contributed by atoms with Gasteiger partial charge < -0.3 is 9.72 Å². The second kappa shape index (κ2) is 8.17. The molecule has 0 bridgehead atoms. The topological polar surface area (TPSA) is 55.0 Å². The Morgan fingerprint density at radius 1 is 1.22 bits per heavy atom. The van der Waals surface area contributed by atoms with Gasteiger partial charge in [-0.25, -0.2) is 4.98 Å². The molecule has 0 saturated heterocycles. The first kappa shape index (κ1) is 20.1. The molecule has 4 nitrogen and oxygen atoms in total. The highest BCUT2D eigenvalue weighted by molar-refractivity contribution is 7.99. The standard InChI is InChI=1S/C21H26N2O2S2/c1-6-15-16(13-7-9-14(10-8-13)21(2,3)4)17-18(24)22-20(23-19(17)27-15)26-12-11-25-5/h7-10H,6,11-12H2,1-5H3,(H,22,23,24). The molecule has 0 amide bonds. The Bertz CT molecular complexity index is 982. The molecular weight excluding hydrogens is 376 g/mol. The molecule has 0 saturated carbocycles. The predicted molar refractivity (Wildman–Crippen MR) is 116 cm³/mol. The molecule has 27 heavy (non-hydrogen) atoms. The number of nitrogens with one attached hydrogen (secondary N) is 1. The molecule has 6 heteroatoms. The minimum absolute atomic E-state index is 0.0641. The minimum Gasteiger partial charge on any atom is -0.384 e. The van der Waals surface area contributed by atoms with Crippen LogP contribution >= 0.6 is 23.1 Å². The Labute approximate surface area is 168 Å². The lowest BCUT2D eigenvalue weighted by Crippen LogP contribution is -2.11. The Balaban J connectivity index is 2.08. The van der Waals surface area contributed by atoms with Crippen LogP contribution in [0, 0.1) is 0 Å². The van der Waals surface area contributed by atoms with E-state index in [4.69, 9.17) is 4.74 Å². The fraction of sp³-hybridized carbons (Fsp3) is 0.429. The maximum atomic E-state index is 12.8. The number of nitrogens with zero attached hydrogens (tertiary/aromatic N) is 1. The molecule has 0 radical (unpaired) electrons. The molecule has 3 rings (SSSR count). The van der Waals surface area contributed by atoms with Crippen molar-refractivity contribution >= 4 is 33.3 Å². The number of rotatable bonds is 6. The lowest BCUT2D eigenvalue weighted by molar-refractivity contribution is 0.218. The maximum Gasteiger partial charge on any atom is 0.260 e. The smallest absolute Gasteiger partial charge is 0.260 e. The molecular formula is C21H26N2O2S2. The zero-order valence-electron chi connectivity index (χ0n) is 16.5. The third-order valence-corrected chi connectivity index (χ3v) is 6.57. The summed E-state index contributed by atoms with van der Waals surface area (Å²) in [5.74, 6) is 0.762. The van der Waals surface area contributed by atoms with Crippen molar-refractivity contribution in [3.05, 3.63) is 45.1 Å². The second-order valence-electron chi connectivity index (χ2n) is 7.47. The number of methoxy groups -OCH3 is 1. The zero-order chi connectivity index (χ0) is 19.6. The van der Waals surface area contributed by atoms with Crippen molar-refractivity contribution in [2.24, 2.45) is 0 Å². The van der Waals surface area contributed by atoms with E-state index >= 15 is 0 Å². The molecule has 144 valence electrons. The van der Waals surface area contributed by atoms with Crippen LogP contribution in [0.4, 0.5) is 0 Å². The van der Waals surface area contributed by atoms with Crippen LogP contribution in [0.5, 0.6) is 0 Å². The van der Waals surface area contributed by atoms with Crippen LogP contribution < -0.4 is 5.56 Å². The van der Waals surface area contributed by atoms with E-state index in [2.05, 4.69) is 61.9 Å². The maximum absolute atomic E-state index is 12.8. The lowest BCUT2D eigenvalue weighted by atomic mass is 9.86. The van der Waals surface area contributed by atoms with Gasteiger partial charge in [0.2, 0.25) is 0 Å². The van der Waals surface area contributed by atoms with E-state index in [0.717, 1.165) is 28.1 Å². The summed E-state index contributed by atoms with van der Waals surface area (Å²) in [4.78, 5) is 22.5. The molecule has 3 aromatic rings. The van der Waals surface area contributed by atoms with Crippen LogP contribution in [0.2, 0.25) is 0 Å². The summed E-state index contributed by atoms with van der Waals surface area (Å²) in [6, 6.07) is 8.58. The summed E-state index contributed by atoms with van der Waals surface area (Å²) in [6.45, 7) is 9.37. The summed E-state index contributed by atoms with van der Waals surface area (Å²) >= 11 is 3.13. The number of thioether (sulfide) groups is 1. The average Bonchev–Trinajstić information content (AvgIpc) is 3.00. The number of thiophene rings is 1. The highest BCUT2D eigenvalue weighted by Gasteiger charge is 2.19. The summed E-state index contributed by atoms with van der Waals surface area (Å²) in [5.41, 5.74) is 3.44. The van der Waals surface area contributed by atoms with Gasteiger partial charge in [0.05, 0.1) is 12.0 Å². The van der Waals surface area contributed by atoms with Crippen LogP contribution in [0.3, 0.4) is 0 Å². The Kier molecular flexibility index (Phi) is 6.08. The van der Waals surface area contributed by atoms with Crippen molar-refractivity contribution in [2.75, 3.05) is 19.5 Å². The van der Waals surface area contributed by atoms with Gasteiger partial charge in [0.15, 0.2) is 5.16 Å². The second-order valence-corrected chi connectivity index (χ2v) is 9.64. The number of aromatic nitrogens is 2. The summed E-state index contributed by atoms with van der Waals surface area (Å²) in [7, 11) is 1.67. The molecule has 0 unspecified atom stereocenters. The normalized spacial score (nSPS) is 12.0.